The Morgan fingerprint density at radius 2 is 1.90 bits per heavy atom. The summed E-state index contributed by atoms with van der Waals surface area (Å²) in [6.45, 7) is 9.28. The van der Waals surface area contributed by atoms with Crippen molar-refractivity contribution in [3.8, 4) is 17.9 Å². The summed E-state index contributed by atoms with van der Waals surface area (Å²) in [5.74, 6) is -0.539. The van der Waals surface area contributed by atoms with Crippen LogP contribution in [-0.2, 0) is 26.3 Å². The van der Waals surface area contributed by atoms with Crippen molar-refractivity contribution in [3.05, 3.63) is 35.7 Å². The van der Waals surface area contributed by atoms with Crippen LogP contribution in [0.15, 0.2) is 34.5 Å². The normalized spacial score (nSPS) is 12.0. The molecule has 0 fully saturated rings. The monoisotopic (exact) mass is 587 g/mol. The fraction of sp³-hybridized carbons (Fsp3) is 0.440. The van der Waals surface area contributed by atoms with Gasteiger partial charge in [0.2, 0.25) is 0 Å². The Morgan fingerprint density at radius 3 is 2.41 bits per heavy atom. The molecule has 0 amide bonds. The minimum absolute atomic E-state index is 0.0469. The number of methoxy groups -OCH3 is 1. The first-order valence-electron chi connectivity index (χ1n) is 12.3. The molecule has 0 saturated heterocycles. The second-order valence-corrected chi connectivity index (χ2v) is 10.7. The summed E-state index contributed by atoms with van der Waals surface area (Å²) in [5, 5.41) is 37.8. The average Bonchev–Trinajstić information content (AvgIpc) is 3.27. The number of hydrogen-bond acceptors (Lipinski definition) is 12. The Balaban J connectivity index is 2.63. The molecule has 2 rings (SSSR count). The molecular formula is C25H33N9O6S. The maximum Gasteiger partial charge on any atom is 0.333 e. The van der Waals surface area contributed by atoms with Crippen LogP contribution in [0, 0.1) is 22.7 Å². The van der Waals surface area contributed by atoms with Gasteiger partial charge in [-0.2, -0.15) is 28.2 Å². The Hall–Kier alpha value is -4.51. The number of nitrogens with one attached hydrogen (secondary N) is 1. The molecule has 2 N–H and O–H groups in total. The molecule has 0 spiro atoms. The molecule has 0 radical (unpaired) electrons. The standard InChI is InChI=1S/C25H33N9O6S/c1-8-33(9-2)21-10-19(31-41(37,38)32(5)6)18(11-23(21)39-7)29-30-25-28-20(12-26)22(13-27)34(25)14-17(35)15-40-24(36)16(3)4/h10-11,17,31,35H,3,8-9,14-15H2,1-2,4-7H3/b30-29+. The summed E-state index contributed by atoms with van der Waals surface area (Å²) in [4.78, 5) is 17.7. The second kappa shape index (κ2) is 14.2. The number of aliphatic hydroxyl groups is 1. The number of azo groups is 1. The van der Waals surface area contributed by atoms with Gasteiger partial charge in [-0.15, -0.1) is 10.2 Å². The van der Waals surface area contributed by atoms with E-state index in [-0.39, 0.29) is 40.8 Å². The van der Waals surface area contributed by atoms with Crippen molar-refractivity contribution in [2.45, 2.75) is 33.4 Å². The van der Waals surface area contributed by atoms with E-state index in [9.17, 15) is 28.8 Å². The van der Waals surface area contributed by atoms with Gasteiger partial charge in [0.1, 0.15) is 36.3 Å². The summed E-state index contributed by atoms with van der Waals surface area (Å²) in [5.41, 5.74) is 0.411. The average molecular weight is 588 g/mol. The van der Waals surface area contributed by atoms with Crippen LogP contribution < -0.4 is 14.4 Å². The molecule has 0 aliphatic rings. The smallest absolute Gasteiger partial charge is 0.333 e. The predicted octanol–water partition coefficient (Wildman–Crippen LogP) is 2.60. The number of carbonyl (C=O) groups is 1. The lowest BCUT2D eigenvalue weighted by molar-refractivity contribution is -0.142. The van der Waals surface area contributed by atoms with Gasteiger partial charge in [0.25, 0.3) is 5.95 Å². The minimum atomic E-state index is -3.95. The molecule has 220 valence electrons. The van der Waals surface area contributed by atoms with Crippen LogP contribution in [0.3, 0.4) is 0 Å². The van der Waals surface area contributed by atoms with Gasteiger partial charge in [0.05, 0.1) is 25.0 Å². The van der Waals surface area contributed by atoms with Gasteiger partial charge in [0, 0.05) is 38.8 Å². The van der Waals surface area contributed by atoms with E-state index in [1.165, 1.54) is 34.2 Å². The lowest BCUT2D eigenvalue weighted by Crippen LogP contribution is -2.29. The molecule has 15 nitrogen and oxygen atoms in total. The van der Waals surface area contributed by atoms with E-state index in [2.05, 4.69) is 26.5 Å². The molecule has 1 unspecified atom stereocenters. The number of rotatable bonds is 14. The van der Waals surface area contributed by atoms with Crippen molar-refractivity contribution in [1.82, 2.24) is 13.9 Å². The maximum absolute atomic E-state index is 12.7. The number of nitrogens with zero attached hydrogens (tertiary/aromatic N) is 8. The van der Waals surface area contributed by atoms with Crippen LogP contribution in [0.1, 0.15) is 32.2 Å². The highest BCUT2D eigenvalue weighted by atomic mass is 32.2. The molecule has 1 heterocycles. The molecule has 41 heavy (non-hydrogen) atoms. The van der Waals surface area contributed by atoms with Crippen molar-refractivity contribution in [3.63, 3.8) is 0 Å². The Labute approximate surface area is 239 Å². The SMILES string of the molecule is C=C(C)C(=O)OCC(O)Cn1c(/N=N/c2cc(OC)c(N(CC)CC)cc2NS(=O)(=O)N(C)C)nc(C#N)c1C#N. The molecule has 2 aromatic rings. The number of aromatic nitrogens is 2. The highest BCUT2D eigenvalue weighted by Crippen LogP contribution is 2.40. The van der Waals surface area contributed by atoms with Crippen LogP contribution in [0.25, 0.3) is 0 Å². The lowest BCUT2D eigenvalue weighted by Gasteiger charge is -2.25. The highest BCUT2D eigenvalue weighted by Gasteiger charge is 2.23. The van der Waals surface area contributed by atoms with E-state index >= 15 is 0 Å². The van der Waals surface area contributed by atoms with Crippen molar-refractivity contribution in [1.29, 1.82) is 10.5 Å². The Kier molecular flexibility index (Phi) is 11.3. The third kappa shape index (κ3) is 8.01. The third-order valence-electron chi connectivity index (χ3n) is 5.68. The van der Waals surface area contributed by atoms with E-state index in [0.717, 1.165) is 8.87 Å². The molecule has 0 aliphatic heterocycles. The fourth-order valence-electron chi connectivity index (χ4n) is 3.47. The van der Waals surface area contributed by atoms with E-state index in [4.69, 9.17) is 9.47 Å². The van der Waals surface area contributed by atoms with E-state index in [0.29, 0.717) is 24.5 Å². The quantitative estimate of drug-likeness (QED) is 0.188. The molecule has 0 saturated carbocycles. The number of hydrogen-bond donors (Lipinski definition) is 2. The minimum Gasteiger partial charge on any atom is -0.494 e. The number of ether oxygens (including phenoxy) is 2. The van der Waals surface area contributed by atoms with Gasteiger partial charge in [-0.05, 0) is 26.8 Å². The number of anilines is 2. The number of aliphatic hydroxyl groups excluding tert-OH is 1. The molecule has 0 bridgehead atoms. The third-order valence-corrected chi connectivity index (χ3v) is 7.12. The number of nitriles is 2. The largest absolute Gasteiger partial charge is 0.494 e. The van der Waals surface area contributed by atoms with Gasteiger partial charge in [-0.25, -0.2) is 4.79 Å². The van der Waals surface area contributed by atoms with Gasteiger partial charge in [-0.1, -0.05) is 6.58 Å². The van der Waals surface area contributed by atoms with Gasteiger partial charge in [0.15, 0.2) is 11.4 Å². The number of imidazole rings is 1. The zero-order valence-corrected chi connectivity index (χ0v) is 24.6. The fourth-order valence-corrected chi connectivity index (χ4v) is 4.09. The van der Waals surface area contributed by atoms with Crippen LogP contribution in [0.4, 0.5) is 23.0 Å². The van der Waals surface area contributed by atoms with Crippen molar-refractivity contribution in [2.75, 3.05) is 50.5 Å². The van der Waals surface area contributed by atoms with Crippen molar-refractivity contribution >= 4 is 39.2 Å². The number of esters is 1. The van der Waals surface area contributed by atoms with Crippen LogP contribution in [-0.4, -0.2) is 80.4 Å². The van der Waals surface area contributed by atoms with Crippen LogP contribution in [0.2, 0.25) is 0 Å². The molecule has 1 atom stereocenters. The first-order valence-corrected chi connectivity index (χ1v) is 13.8. The first-order chi connectivity index (χ1) is 19.3. The maximum atomic E-state index is 12.7. The Morgan fingerprint density at radius 1 is 1.24 bits per heavy atom. The molecule has 0 aliphatic carbocycles. The van der Waals surface area contributed by atoms with Crippen molar-refractivity contribution < 1.29 is 27.8 Å². The molecule has 1 aromatic heterocycles. The van der Waals surface area contributed by atoms with Gasteiger partial charge in [-0.3, -0.25) is 9.29 Å². The van der Waals surface area contributed by atoms with Crippen molar-refractivity contribution in [2.24, 2.45) is 10.2 Å². The van der Waals surface area contributed by atoms with Gasteiger partial charge < -0.3 is 19.5 Å². The molecule has 16 heteroatoms. The van der Waals surface area contributed by atoms with Crippen LogP contribution in [0.5, 0.6) is 5.75 Å². The zero-order chi connectivity index (χ0) is 30.9. The second-order valence-electron chi connectivity index (χ2n) is 8.78. The van der Waals surface area contributed by atoms with Gasteiger partial charge >= 0.3 is 16.2 Å². The summed E-state index contributed by atoms with van der Waals surface area (Å²) in [6.07, 6.45) is -1.30. The van der Waals surface area contributed by atoms with E-state index in [1.54, 1.807) is 12.1 Å². The summed E-state index contributed by atoms with van der Waals surface area (Å²) in [7, 11) is 0.231. The van der Waals surface area contributed by atoms with E-state index < -0.39 is 28.9 Å². The number of carbonyl (C=O) groups excluding carboxylic acids is 1. The molecule has 1 aromatic carbocycles. The summed E-state index contributed by atoms with van der Waals surface area (Å²) < 4.78 is 40.5. The predicted molar refractivity (Wildman–Crippen MR) is 150 cm³/mol. The number of benzene rings is 1. The Bertz CT molecular complexity index is 1500. The lowest BCUT2D eigenvalue weighted by atomic mass is 10.2. The summed E-state index contributed by atoms with van der Waals surface area (Å²) >= 11 is 0. The zero-order valence-electron chi connectivity index (χ0n) is 23.7. The molecular weight excluding hydrogens is 554 g/mol. The first kappa shape index (κ1) is 32.7. The van der Waals surface area contributed by atoms with E-state index in [1.807, 2.05) is 24.8 Å². The topological polar surface area (TPSA) is 199 Å². The van der Waals surface area contributed by atoms with Crippen LogP contribution >= 0.6 is 0 Å². The highest BCUT2D eigenvalue weighted by molar-refractivity contribution is 7.90. The summed E-state index contributed by atoms with van der Waals surface area (Å²) in [6, 6.07) is 6.69.